The molecule has 1 amide bonds. The van der Waals surface area contributed by atoms with Crippen LogP contribution in [0.15, 0.2) is 0 Å². The monoisotopic (exact) mass is 254 g/mol. The third-order valence-electron chi connectivity index (χ3n) is 4.21. The van der Waals surface area contributed by atoms with Crippen LogP contribution in [0.2, 0.25) is 0 Å². The summed E-state index contributed by atoms with van der Waals surface area (Å²) in [5.74, 6) is 0.393. The lowest BCUT2D eigenvalue weighted by atomic mass is 9.99. The summed E-state index contributed by atoms with van der Waals surface area (Å²) < 4.78 is 0. The van der Waals surface area contributed by atoms with E-state index >= 15 is 0 Å². The predicted octanol–water partition coefficient (Wildman–Crippen LogP) is -0.652. The topological polar surface area (TPSA) is 47.6 Å². The predicted molar refractivity (Wildman–Crippen MR) is 72.5 cm³/mol. The Morgan fingerprint density at radius 2 is 1.89 bits per heavy atom. The maximum atomic E-state index is 11.8. The molecule has 5 heteroatoms. The van der Waals surface area contributed by atoms with Gasteiger partial charge in [0.2, 0.25) is 5.91 Å². The van der Waals surface area contributed by atoms with Gasteiger partial charge in [0.15, 0.2) is 0 Å². The van der Waals surface area contributed by atoms with Gasteiger partial charge in [-0.2, -0.15) is 0 Å². The zero-order valence-electron chi connectivity index (χ0n) is 11.8. The Labute approximate surface area is 110 Å². The molecule has 0 aromatic heterocycles. The fourth-order valence-corrected chi connectivity index (χ4v) is 2.45. The molecule has 0 atom stereocenters. The Bertz CT molecular complexity index is 293. The van der Waals surface area contributed by atoms with Crippen LogP contribution in [0.1, 0.15) is 13.8 Å². The third-order valence-corrected chi connectivity index (χ3v) is 4.21. The summed E-state index contributed by atoms with van der Waals surface area (Å²) >= 11 is 0. The summed E-state index contributed by atoms with van der Waals surface area (Å²) in [4.78, 5) is 16.7. The lowest BCUT2D eigenvalue weighted by Crippen LogP contribution is -2.59. The van der Waals surface area contributed by atoms with E-state index in [4.69, 9.17) is 0 Å². The average molecular weight is 254 g/mol. The Balaban J connectivity index is 1.77. The van der Waals surface area contributed by atoms with Crippen molar-refractivity contribution in [1.82, 2.24) is 20.4 Å². The molecule has 2 saturated heterocycles. The lowest BCUT2D eigenvalue weighted by molar-refractivity contribution is -0.127. The van der Waals surface area contributed by atoms with Crippen LogP contribution in [-0.2, 0) is 4.79 Å². The fraction of sp³-hybridized carbons (Fsp3) is 0.923. The molecule has 0 spiro atoms. The van der Waals surface area contributed by atoms with Gasteiger partial charge in [-0.15, -0.1) is 0 Å². The van der Waals surface area contributed by atoms with E-state index in [0.717, 1.165) is 45.8 Å². The highest BCUT2D eigenvalue weighted by molar-refractivity contribution is 5.80. The van der Waals surface area contributed by atoms with Gasteiger partial charge in [-0.3, -0.25) is 9.69 Å². The first kappa shape index (κ1) is 13.8. The molecule has 0 radical (unpaired) electrons. The summed E-state index contributed by atoms with van der Waals surface area (Å²) in [6.07, 6.45) is 0. The van der Waals surface area contributed by atoms with Crippen LogP contribution in [0.25, 0.3) is 0 Å². The van der Waals surface area contributed by atoms with Crippen molar-refractivity contribution >= 4 is 5.91 Å². The standard InChI is InChI=1S/C13H26N4O/c1-13(2,17-6-4-16(3)5-7-17)10-15-12(18)11-8-14-9-11/h11,14H,4-10H2,1-3H3,(H,15,18). The minimum atomic E-state index is 0.0497. The van der Waals surface area contributed by atoms with E-state index in [0.29, 0.717) is 0 Å². The molecule has 2 fully saturated rings. The molecule has 2 rings (SSSR count). The van der Waals surface area contributed by atoms with E-state index in [-0.39, 0.29) is 17.4 Å². The number of hydrogen-bond acceptors (Lipinski definition) is 4. The number of likely N-dealkylation sites (N-methyl/N-ethyl adjacent to an activating group) is 1. The summed E-state index contributed by atoms with van der Waals surface area (Å²) in [6, 6.07) is 0. The molecule has 0 unspecified atom stereocenters. The van der Waals surface area contributed by atoms with Crippen molar-refractivity contribution < 1.29 is 4.79 Å². The van der Waals surface area contributed by atoms with Gasteiger partial charge in [-0.05, 0) is 20.9 Å². The number of carbonyl (C=O) groups is 1. The van der Waals surface area contributed by atoms with E-state index < -0.39 is 0 Å². The first-order valence-electron chi connectivity index (χ1n) is 6.91. The summed E-state index contributed by atoms with van der Waals surface area (Å²) in [5, 5.41) is 6.23. The number of hydrogen-bond donors (Lipinski definition) is 2. The second kappa shape index (κ2) is 5.55. The van der Waals surface area contributed by atoms with Gasteiger partial charge in [-0.25, -0.2) is 0 Å². The first-order chi connectivity index (χ1) is 8.49. The van der Waals surface area contributed by atoms with Crippen LogP contribution in [-0.4, -0.2) is 74.1 Å². The van der Waals surface area contributed by atoms with Crippen LogP contribution in [0.4, 0.5) is 0 Å². The third kappa shape index (κ3) is 3.22. The molecule has 0 aromatic carbocycles. The Morgan fingerprint density at radius 3 is 2.39 bits per heavy atom. The number of amides is 1. The van der Waals surface area contributed by atoms with E-state index in [1.165, 1.54) is 0 Å². The highest BCUT2D eigenvalue weighted by atomic mass is 16.2. The second-order valence-corrected chi connectivity index (χ2v) is 6.18. The normalized spacial score (nSPS) is 23.7. The van der Waals surface area contributed by atoms with Gasteiger partial charge >= 0.3 is 0 Å². The van der Waals surface area contributed by atoms with E-state index in [2.05, 4.69) is 41.3 Å². The van der Waals surface area contributed by atoms with Crippen molar-refractivity contribution in [2.75, 3.05) is 52.9 Å². The van der Waals surface area contributed by atoms with Crippen molar-refractivity contribution in [2.24, 2.45) is 5.92 Å². The molecule has 2 N–H and O–H groups in total. The SMILES string of the molecule is CN1CCN(C(C)(C)CNC(=O)C2CNC2)CC1. The Hall–Kier alpha value is -0.650. The zero-order chi connectivity index (χ0) is 13.2. The highest BCUT2D eigenvalue weighted by Crippen LogP contribution is 2.16. The molecule has 104 valence electrons. The van der Waals surface area contributed by atoms with Gasteiger partial charge in [-0.1, -0.05) is 0 Å². The molecular weight excluding hydrogens is 228 g/mol. The van der Waals surface area contributed by atoms with Crippen LogP contribution >= 0.6 is 0 Å². The number of nitrogens with zero attached hydrogens (tertiary/aromatic N) is 2. The van der Waals surface area contributed by atoms with E-state index in [1.807, 2.05) is 0 Å². The van der Waals surface area contributed by atoms with Gasteiger partial charge < -0.3 is 15.5 Å². The molecule has 2 aliphatic heterocycles. The molecule has 0 saturated carbocycles. The van der Waals surface area contributed by atoms with Crippen molar-refractivity contribution in [3.8, 4) is 0 Å². The molecule has 5 nitrogen and oxygen atoms in total. The van der Waals surface area contributed by atoms with Crippen LogP contribution in [0.3, 0.4) is 0 Å². The summed E-state index contributed by atoms with van der Waals surface area (Å²) in [5.41, 5.74) is 0.0497. The molecule has 18 heavy (non-hydrogen) atoms. The van der Waals surface area contributed by atoms with Crippen LogP contribution in [0.5, 0.6) is 0 Å². The molecule has 2 heterocycles. The summed E-state index contributed by atoms with van der Waals surface area (Å²) in [6.45, 7) is 11.3. The zero-order valence-corrected chi connectivity index (χ0v) is 11.8. The summed E-state index contributed by atoms with van der Waals surface area (Å²) in [7, 11) is 2.16. The maximum absolute atomic E-state index is 11.8. The fourth-order valence-electron chi connectivity index (χ4n) is 2.45. The lowest BCUT2D eigenvalue weighted by Gasteiger charge is -2.43. The molecule has 0 bridgehead atoms. The van der Waals surface area contributed by atoms with Crippen molar-refractivity contribution in [3.63, 3.8) is 0 Å². The van der Waals surface area contributed by atoms with E-state index in [9.17, 15) is 4.79 Å². The number of rotatable bonds is 4. The van der Waals surface area contributed by atoms with Crippen LogP contribution in [0, 0.1) is 5.92 Å². The number of piperazine rings is 1. The maximum Gasteiger partial charge on any atom is 0.225 e. The Kier molecular flexibility index (Phi) is 4.25. The Morgan fingerprint density at radius 1 is 1.28 bits per heavy atom. The van der Waals surface area contributed by atoms with Crippen molar-refractivity contribution in [3.05, 3.63) is 0 Å². The highest BCUT2D eigenvalue weighted by Gasteiger charge is 2.31. The second-order valence-electron chi connectivity index (χ2n) is 6.18. The molecule has 0 aliphatic carbocycles. The minimum Gasteiger partial charge on any atom is -0.354 e. The van der Waals surface area contributed by atoms with Gasteiger partial charge in [0.25, 0.3) is 0 Å². The quantitative estimate of drug-likeness (QED) is 0.700. The molecular formula is C13H26N4O. The smallest absolute Gasteiger partial charge is 0.225 e. The number of nitrogens with one attached hydrogen (secondary N) is 2. The van der Waals surface area contributed by atoms with E-state index in [1.54, 1.807) is 0 Å². The van der Waals surface area contributed by atoms with Crippen LogP contribution < -0.4 is 10.6 Å². The van der Waals surface area contributed by atoms with Crippen molar-refractivity contribution in [1.29, 1.82) is 0 Å². The number of carbonyl (C=O) groups excluding carboxylic acids is 1. The van der Waals surface area contributed by atoms with Crippen molar-refractivity contribution in [2.45, 2.75) is 19.4 Å². The first-order valence-corrected chi connectivity index (χ1v) is 6.91. The molecule has 2 aliphatic rings. The van der Waals surface area contributed by atoms with Gasteiger partial charge in [0.05, 0.1) is 5.92 Å². The largest absolute Gasteiger partial charge is 0.354 e. The minimum absolute atomic E-state index is 0.0497. The molecule has 0 aromatic rings. The van der Waals surface area contributed by atoms with Gasteiger partial charge in [0.1, 0.15) is 0 Å². The average Bonchev–Trinajstić information content (AvgIpc) is 2.25. The van der Waals surface area contributed by atoms with Gasteiger partial charge in [0, 0.05) is 51.4 Å².